The van der Waals surface area contributed by atoms with Crippen molar-refractivity contribution in [2.75, 3.05) is 19.8 Å². The van der Waals surface area contributed by atoms with Crippen molar-refractivity contribution in [1.29, 1.82) is 0 Å². The average molecular weight is 1070 g/mol. The number of aliphatic hydroxyl groups is 6. The predicted octanol–water partition coefficient (Wildman–Crippen LogP) is -4.09. The van der Waals surface area contributed by atoms with E-state index in [1.807, 2.05) is 0 Å². The summed E-state index contributed by atoms with van der Waals surface area (Å²) >= 11 is -2.72. The molecule has 0 aliphatic carbocycles. The van der Waals surface area contributed by atoms with Gasteiger partial charge in [0.25, 0.3) is 0 Å². The van der Waals surface area contributed by atoms with Crippen molar-refractivity contribution in [2.45, 2.75) is 111 Å². The summed E-state index contributed by atoms with van der Waals surface area (Å²) in [7, 11) is -10.7. The van der Waals surface area contributed by atoms with Gasteiger partial charge in [0.05, 0.1) is 37.3 Å². The van der Waals surface area contributed by atoms with Crippen LogP contribution in [0.15, 0.2) is 11.8 Å². The molecule has 0 aromatic rings. The minimum Gasteiger partial charge on any atom is -0.475 e. The van der Waals surface area contributed by atoms with Gasteiger partial charge in [-0.3, -0.25) is 18.0 Å². The molecule has 0 spiro atoms. The number of aliphatic hydroxyl groups excluding tert-OH is 6. The summed E-state index contributed by atoms with van der Waals surface area (Å²) in [6, 6.07) is 0. The first-order valence-electron chi connectivity index (χ1n) is 17.1. The van der Waals surface area contributed by atoms with Gasteiger partial charge in [-0.15, -0.1) is 8.67 Å². The summed E-state index contributed by atoms with van der Waals surface area (Å²) in [5, 5.41) is 96.0. The van der Waals surface area contributed by atoms with E-state index < -0.39 is 173 Å². The summed E-state index contributed by atoms with van der Waals surface area (Å²) in [5.41, 5.74) is 0. The van der Waals surface area contributed by atoms with Gasteiger partial charge in [-0.25, -0.2) is 27.9 Å². The Bertz CT molecular complexity index is 1720. The highest BCUT2D eigenvalue weighted by Crippen LogP contribution is 2.38. The van der Waals surface area contributed by atoms with Gasteiger partial charge >= 0.3 is 26.8 Å². The van der Waals surface area contributed by atoms with Crippen LogP contribution in [0.3, 0.4) is 0 Å². The second kappa shape index (κ2) is 27.7. The number of carbonyl (C=O) groups is 1. The average Bonchev–Trinajstić information content (AvgIpc) is 3.48. The highest BCUT2D eigenvalue weighted by atomic mass is 32.3. The first kappa shape index (κ1) is 61.6. The maximum absolute atomic E-state index is 12.2. The van der Waals surface area contributed by atoms with Crippen LogP contribution < -0.4 is 0 Å². The number of carboxylic acid groups (broad SMARTS) is 1. The van der Waals surface area contributed by atoms with Crippen LogP contribution >= 0.6 is 25.8 Å². The molecule has 0 saturated carbocycles. The lowest BCUT2D eigenvalue weighted by molar-refractivity contribution is -0.435. The molecule has 19 atom stereocenters. The SMILES string of the molecule is CC1O[C@@H](OC[C@H]2C(CO[C@@H]3OC(C(=O)O)=C[C@@H](O)C3O)[C@@H](O)OC(COS(=O)(=O)O)[C@H]2O)C(OSOOO)[C@@H](OS(=O)(=O)O)[C@@H]1O[C@@H]1O[C@H](C(C)S(=O)OOO)[C@H](O)C1O.F.FF.S. The van der Waals surface area contributed by atoms with Crippen molar-refractivity contribution >= 4 is 63.7 Å². The van der Waals surface area contributed by atoms with Gasteiger partial charge in [0.2, 0.25) is 12.0 Å². The Balaban J connectivity index is 0.00000521. The van der Waals surface area contributed by atoms with Crippen LogP contribution in [-0.2, 0) is 101 Å². The normalized spacial score (nSPS) is 37.3. The molecule has 4 aliphatic rings. The van der Waals surface area contributed by atoms with E-state index in [-0.39, 0.29) is 30.5 Å². The van der Waals surface area contributed by atoms with Crippen LogP contribution in [0.25, 0.3) is 0 Å². The van der Waals surface area contributed by atoms with Gasteiger partial charge in [0.15, 0.2) is 48.4 Å². The quantitative estimate of drug-likeness (QED) is 0.0161. The van der Waals surface area contributed by atoms with Crippen molar-refractivity contribution in [1.82, 2.24) is 0 Å². The smallest absolute Gasteiger partial charge is 0.397 e. The minimum atomic E-state index is -5.52. The van der Waals surface area contributed by atoms with Crippen LogP contribution in [-0.4, -0.2) is 200 Å². The van der Waals surface area contributed by atoms with Gasteiger partial charge in [0.1, 0.15) is 48.8 Å². The lowest BCUT2D eigenvalue weighted by Crippen LogP contribution is -2.62. The van der Waals surface area contributed by atoms with Crippen molar-refractivity contribution in [3.8, 4) is 0 Å². The molecule has 0 aromatic heterocycles. The van der Waals surface area contributed by atoms with Crippen molar-refractivity contribution in [3.05, 3.63) is 11.8 Å². The monoisotopic (exact) mass is 1070 g/mol. The van der Waals surface area contributed by atoms with E-state index in [4.69, 9.17) is 65.7 Å². The number of rotatable bonds is 22. The molecule has 3 saturated heterocycles. The molecule has 65 heavy (non-hydrogen) atoms. The molecule has 31 nitrogen and oxygen atoms in total. The molecule has 8 unspecified atom stereocenters. The molecule has 4 rings (SSSR count). The van der Waals surface area contributed by atoms with Crippen molar-refractivity contribution < 1.29 is 160 Å². The summed E-state index contributed by atoms with van der Waals surface area (Å²) in [5.74, 6) is -5.58. The Morgan fingerprint density at radius 1 is 0.831 bits per heavy atom. The zero-order chi connectivity index (χ0) is 47.6. The largest absolute Gasteiger partial charge is 0.475 e. The van der Waals surface area contributed by atoms with Crippen molar-refractivity contribution in [2.24, 2.45) is 11.8 Å². The van der Waals surface area contributed by atoms with Gasteiger partial charge in [-0.2, -0.15) is 30.3 Å². The molecule has 0 amide bonds. The topological polar surface area (TPSA) is 454 Å². The summed E-state index contributed by atoms with van der Waals surface area (Å²) < 4.78 is 155. The predicted molar refractivity (Wildman–Crippen MR) is 197 cm³/mol. The van der Waals surface area contributed by atoms with Crippen LogP contribution in [0.4, 0.5) is 13.9 Å². The summed E-state index contributed by atoms with van der Waals surface area (Å²) in [6.45, 7) is -0.461. The van der Waals surface area contributed by atoms with E-state index in [0.717, 1.165) is 0 Å². The molecule has 39 heteroatoms. The molecule has 386 valence electrons. The Labute approximate surface area is 377 Å². The molecule has 0 aromatic carbocycles. The first-order valence-corrected chi connectivity index (χ1v) is 21.7. The molecule has 4 heterocycles. The number of carboxylic acids is 1. The zero-order valence-corrected chi connectivity index (χ0v) is 36.7. The summed E-state index contributed by atoms with van der Waals surface area (Å²) in [6.07, 6.45) is -27.6. The Hall–Kier alpha value is -1.37. The van der Waals surface area contributed by atoms with Gasteiger partial charge < -0.3 is 68.9 Å². The van der Waals surface area contributed by atoms with Crippen molar-refractivity contribution in [3.63, 3.8) is 0 Å². The molecule has 3 fully saturated rings. The second-order valence-electron chi connectivity index (χ2n) is 13.2. The van der Waals surface area contributed by atoms with E-state index in [1.165, 1.54) is 13.8 Å². The van der Waals surface area contributed by atoms with Gasteiger partial charge in [-0.05, 0) is 19.9 Å². The molecular weight excluding hydrogens is 1030 g/mol. The van der Waals surface area contributed by atoms with Gasteiger partial charge in [-0.1, -0.05) is 10.1 Å². The lowest BCUT2D eigenvalue weighted by Gasteiger charge is -2.46. The number of ether oxygens (including phenoxy) is 7. The maximum atomic E-state index is 12.2. The van der Waals surface area contributed by atoms with E-state index in [9.17, 15) is 66.1 Å². The third-order valence-corrected chi connectivity index (χ3v) is 11.7. The highest BCUT2D eigenvalue weighted by Gasteiger charge is 2.55. The number of aliphatic carboxylic acids is 1. The fourth-order valence-electron chi connectivity index (χ4n) is 6.38. The van der Waals surface area contributed by atoms with E-state index >= 15 is 0 Å². The second-order valence-corrected chi connectivity index (χ2v) is 17.2. The molecule has 0 bridgehead atoms. The fraction of sp³-hybridized carbons (Fsp3) is 0.885. The third kappa shape index (κ3) is 17.2. The number of hydrogen-bond acceptors (Lipinski definition) is 29. The molecular formula is C26H45F3O31S5. The fourth-order valence-corrected chi connectivity index (χ4v) is 8.17. The lowest BCUT2D eigenvalue weighted by atomic mass is 9.83. The Morgan fingerprint density at radius 3 is 2.02 bits per heavy atom. The zero-order valence-electron chi connectivity index (χ0n) is 32.5. The van der Waals surface area contributed by atoms with E-state index in [2.05, 4.69) is 22.9 Å². The van der Waals surface area contributed by atoms with Crippen LogP contribution in [0.1, 0.15) is 13.8 Å². The maximum Gasteiger partial charge on any atom is 0.397 e. The first-order chi connectivity index (χ1) is 29.5. The van der Waals surface area contributed by atoms with Crippen LogP contribution in [0.5, 0.6) is 0 Å². The molecule has 0 radical (unpaired) electrons. The third-order valence-electron chi connectivity index (χ3n) is 9.32. The Kier molecular flexibility index (Phi) is 26.3. The highest BCUT2D eigenvalue weighted by molar-refractivity contribution is 7.89. The van der Waals surface area contributed by atoms with Crippen LogP contribution in [0.2, 0.25) is 0 Å². The Morgan fingerprint density at radius 2 is 1.45 bits per heavy atom. The standard InChI is InChI=1S/C26H42O31S4.F2.FH.H2S/c1-7-18(50-25-17(31)16(30)19(51-25)8(2)59(37)57-55-36)20(53-61(41,42)43)21(52-58-56-54-35)26(47-7)45-4-9-10(23(34)48-13(14(9)28)6-46-60(38,39)40)5-44-24-15(29)11(27)3-12(49-24)22(32)33;1-2;;/h3,7-11,13-21,23-31,34-36H,4-6H2,1-2H3,(H,32,33)(H,38,39,40)(H,41,42,43);;1H;1H2/t7?,8?,9-,10?,11+,13?,14-,15?,16+,17?,18+,19+,20-,21?,23-,24+,25+,26+,59?;;;/m0.../s1. The minimum absolute atomic E-state index is 0. The van der Waals surface area contributed by atoms with E-state index in [1.54, 1.807) is 0 Å². The van der Waals surface area contributed by atoms with Gasteiger partial charge in [0, 0.05) is 21.0 Å². The number of hydrogen-bond donors (Lipinski definition) is 11. The van der Waals surface area contributed by atoms with Crippen LogP contribution in [0, 0.1) is 11.8 Å². The summed E-state index contributed by atoms with van der Waals surface area (Å²) in [4.78, 5) is 11.5. The molecule has 4 aliphatic heterocycles. The number of halogens is 3. The molecule has 11 N–H and O–H groups in total. The van der Waals surface area contributed by atoms with E-state index in [0.29, 0.717) is 6.08 Å².